The fraction of sp³-hybridized carbons (Fsp3) is 0.385. The Morgan fingerprint density at radius 3 is 2.15 bits per heavy atom. The minimum absolute atomic E-state index is 0.392. The van der Waals surface area contributed by atoms with Gasteiger partial charge in [0, 0.05) is 24.2 Å². The highest BCUT2D eigenvalue weighted by molar-refractivity contribution is 9.10. The first-order chi connectivity index (χ1) is 9.36. The van der Waals surface area contributed by atoms with Gasteiger partial charge in [-0.25, -0.2) is 9.59 Å². The average molecular weight is 348 g/mol. The van der Waals surface area contributed by atoms with Gasteiger partial charge in [0.2, 0.25) is 0 Å². The van der Waals surface area contributed by atoms with Crippen LogP contribution in [0.15, 0.2) is 28.7 Å². The fourth-order valence-corrected chi connectivity index (χ4v) is 1.47. The molecule has 1 aromatic rings. The van der Waals surface area contributed by atoms with E-state index in [1.54, 1.807) is 7.11 Å². The maximum Gasteiger partial charge on any atom is 0.414 e. The van der Waals surface area contributed by atoms with Gasteiger partial charge in [-0.05, 0) is 24.6 Å². The van der Waals surface area contributed by atoms with E-state index in [-0.39, 0.29) is 0 Å². The number of hydrogen-bond acceptors (Lipinski definition) is 4. The van der Waals surface area contributed by atoms with Gasteiger partial charge in [-0.1, -0.05) is 28.1 Å². The molecule has 0 amide bonds. The van der Waals surface area contributed by atoms with Crippen LogP contribution in [0.2, 0.25) is 0 Å². The molecular formula is C13H18BrNO5. The number of ether oxygens (including phenoxy) is 1. The van der Waals surface area contributed by atoms with Crippen molar-refractivity contribution in [2.45, 2.75) is 19.5 Å². The molecule has 0 radical (unpaired) electrons. The molecule has 0 aromatic heterocycles. The van der Waals surface area contributed by atoms with Gasteiger partial charge in [-0.2, -0.15) is 0 Å². The van der Waals surface area contributed by atoms with E-state index in [9.17, 15) is 0 Å². The van der Waals surface area contributed by atoms with Crippen LogP contribution in [-0.4, -0.2) is 41.9 Å². The Bertz CT molecular complexity index is 409. The van der Waals surface area contributed by atoms with Crippen molar-refractivity contribution in [3.05, 3.63) is 34.3 Å². The molecule has 0 saturated carbocycles. The molecule has 112 valence electrons. The van der Waals surface area contributed by atoms with Gasteiger partial charge in [0.05, 0.1) is 6.61 Å². The molecule has 6 nitrogen and oxygen atoms in total. The molecule has 3 N–H and O–H groups in total. The van der Waals surface area contributed by atoms with Crippen molar-refractivity contribution in [3.8, 4) is 0 Å². The summed E-state index contributed by atoms with van der Waals surface area (Å²) in [7, 11) is 1.72. The van der Waals surface area contributed by atoms with Crippen LogP contribution in [0.1, 0.15) is 12.5 Å². The van der Waals surface area contributed by atoms with Gasteiger partial charge < -0.3 is 20.3 Å². The second-order valence-corrected chi connectivity index (χ2v) is 4.89. The third-order valence-corrected chi connectivity index (χ3v) is 2.70. The molecule has 0 aliphatic rings. The number of methoxy groups -OCH3 is 1. The summed E-state index contributed by atoms with van der Waals surface area (Å²) in [6.45, 7) is 3.75. The smallest absolute Gasteiger partial charge is 0.414 e. The molecule has 0 heterocycles. The summed E-state index contributed by atoms with van der Waals surface area (Å²) >= 11 is 3.41. The number of carboxylic acid groups (broad SMARTS) is 2. The minimum atomic E-state index is -1.82. The van der Waals surface area contributed by atoms with Gasteiger partial charge in [-0.15, -0.1) is 0 Å². The van der Waals surface area contributed by atoms with Crippen LogP contribution in [0.5, 0.6) is 0 Å². The summed E-state index contributed by atoms with van der Waals surface area (Å²) in [6.07, 6.45) is 0. The summed E-state index contributed by atoms with van der Waals surface area (Å²) < 4.78 is 6.16. The van der Waals surface area contributed by atoms with Gasteiger partial charge >= 0.3 is 11.9 Å². The Balaban J connectivity index is 0.000000511. The number of carboxylic acids is 2. The predicted octanol–water partition coefficient (Wildman–Crippen LogP) is 1.73. The lowest BCUT2D eigenvalue weighted by Gasteiger charge is -2.12. The first-order valence-corrected chi connectivity index (χ1v) is 6.59. The molecule has 20 heavy (non-hydrogen) atoms. The molecule has 0 aliphatic carbocycles. The third kappa shape index (κ3) is 9.48. The van der Waals surface area contributed by atoms with Crippen molar-refractivity contribution >= 4 is 27.9 Å². The molecule has 0 saturated heterocycles. The summed E-state index contributed by atoms with van der Waals surface area (Å²) in [5, 5.41) is 18.2. The van der Waals surface area contributed by atoms with Gasteiger partial charge in [-0.3, -0.25) is 0 Å². The maximum absolute atomic E-state index is 9.10. The highest BCUT2D eigenvalue weighted by Gasteiger charge is 2.04. The summed E-state index contributed by atoms with van der Waals surface area (Å²) in [5.74, 6) is -3.65. The highest BCUT2D eigenvalue weighted by atomic mass is 79.9. The molecule has 1 aromatic carbocycles. The largest absolute Gasteiger partial charge is 0.473 e. The van der Waals surface area contributed by atoms with Crippen LogP contribution in [0.4, 0.5) is 0 Å². The third-order valence-electron chi connectivity index (χ3n) is 2.17. The average Bonchev–Trinajstić information content (AvgIpc) is 2.39. The second-order valence-electron chi connectivity index (χ2n) is 3.97. The number of aliphatic carboxylic acids is 2. The summed E-state index contributed by atoms with van der Waals surface area (Å²) in [4.78, 5) is 18.2. The van der Waals surface area contributed by atoms with E-state index in [0.29, 0.717) is 6.04 Å². The van der Waals surface area contributed by atoms with Crippen molar-refractivity contribution in [1.29, 1.82) is 0 Å². The monoisotopic (exact) mass is 347 g/mol. The van der Waals surface area contributed by atoms with Crippen LogP contribution in [0.25, 0.3) is 0 Å². The topological polar surface area (TPSA) is 95.9 Å². The van der Waals surface area contributed by atoms with Crippen molar-refractivity contribution in [2.75, 3.05) is 13.7 Å². The number of nitrogens with one attached hydrogen (secondary N) is 1. The highest BCUT2D eigenvalue weighted by Crippen LogP contribution is 2.10. The molecule has 1 rings (SSSR count). The standard InChI is InChI=1S/C11H16BrNO.C2H2O4/c1-9(8-14-2)13-7-10-3-5-11(12)6-4-10;3-1(4)2(5)6/h3-6,9,13H,7-8H2,1-2H3;(H,3,4)(H,5,6). The predicted molar refractivity (Wildman–Crippen MR) is 77.6 cm³/mol. The van der Waals surface area contributed by atoms with Crippen molar-refractivity contribution in [3.63, 3.8) is 0 Å². The van der Waals surface area contributed by atoms with Crippen molar-refractivity contribution in [2.24, 2.45) is 0 Å². The fourth-order valence-electron chi connectivity index (χ4n) is 1.20. The van der Waals surface area contributed by atoms with Crippen LogP contribution < -0.4 is 5.32 Å². The summed E-state index contributed by atoms with van der Waals surface area (Å²) in [5.41, 5.74) is 1.29. The Morgan fingerprint density at radius 1 is 1.25 bits per heavy atom. The quantitative estimate of drug-likeness (QED) is 0.702. The molecule has 0 spiro atoms. The molecule has 0 bridgehead atoms. The Labute approximate surface area is 125 Å². The summed E-state index contributed by atoms with van der Waals surface area (Å²) in [6, 6.07) is 8.71. The molecular weight excluding hydrogens is 330 g/mol. The Hall–Kier alpha value is -1.44. The first-order valence-electron chi connectivity index (χ1n) is 5.79. The second kappa shape index (κ2) is 10.4. The molecule has 0 fully saturated rings. The molecule has 7 heteroatoms. The van der Waals surface area contributed by atoms with Crippen molar-refractivity contribution < 1.29 is 24.5 Å². The first kappa shape index (κ1) is 18.6. The number of benzene rings is 1. The molecule has 0 aliphatic heterocycles. The van der Waals surface area contributed by atoms with E-state index in [0.717, 1.165) is 17.6 Å². The Morgan fingerprint density at radius 2 is 1.75 bits per heavy atom. The number of hydrogen-bond donors (Lipinski definition) is 3. The zero-order valence-corrected chi connectivity index (χ0v) is 12.9. The Kier molecular flexibility index (Phi) is 9.61. The van der Waals surface area contributed by atoms with Crippen LogP contribution in [0.3, 0.4) is 0 Å². The zero-order valence-electron chi connectivity index (χ0n) is 11.3. The number of halogens is 1. The lowest BCUT2D eigenvalue weighted by Crippen LogP contribution is -2.29. The van der Waals surface area contributed by atoms with Gasteiger partial charge in [0.25, 0.3) is 0 Å². The number of carbonyl (C=O) groups is 2. The zero-order chi connectivity index (χ0) is 15.5. The minimum Gasteiger partial charge on any atom is -0.473 e. The van der Waals surface area contributed by atoms with E-state index >= 15 is 0 Å². The van der Waals surface area contributed by atoms with E-state index < -0.39 is 11.9 Å². The van der Waals surface area contributed by atoms with Crippen LogP contribution in [0, 0.1) is 0 Å². The van der Waals surface area contributed by atoms with E-state index in [2.05, 4.69) is 52.4 Å². The van der Waals surface area contributed by atoms with Crippen LogP contribution in [-0.2, 0) is 20.9 Å². The van der Waals surface area contributed by atoms with E-state index in [1.807, 2.05) is 0 Å². The van der Waals surface area contributed by atoms with Crippen LogP contribution >= 0.6 is 15.9 Å². The maximum atomic E-state index is 9.10. The SMILES string of the molecule is COCC(C)NCc1ccc(Br)cc1.O=C(O)C(=O)O. The van der Waals surface area contributed by atoms with E-state index in [1.165, 1.54) is 5.56 Å². The van der Waals surface area contributed by atoms with Gasteiger partial charge in [0.1, 0.15) is 0 Å². The molecule has 1 unspecified atom stereocenters. The lowest BCUT2D eigenvalue weighted by molar-refractivity contribution is -0.159. The molecule has 1 atom stereocenters. The lowest BCUT2D eigenvalue weighted by atomic mass is 10.2. The van der Waals surface area contributed by atoms with E-state index in [4.69, 9.17) is 24.5 Å². The number of rotatable bonds is 5. The normalized spacial score (nSPS) is 11.2. The van der Waals surface area contributed by atoms with Crippen molar-refractivity contribution in [1.82, 2.24) is 5.32 Å². The van der Waals surface area contributed by atoms with Gasteiger partial charge in [0.15, 0.2) is 0 Å².